The SMILES string of the molecule is CCC1=C(C(=O)OC)[C@H](c2ccccc2)N2C(CC(=O)Nc3ccccc3F)=CSC2=N1. The Morgan fingerprint density at radius 3 is 2.56 bits per heavy atom. The third-order valence-corrected chi connectivity index (χ3v) is 6.12. The topological polar surface area (TPSA) is 71.0 Å². The van der Waals surface area contributed by atoms with Gasteiger partial charge < -0.3 is 15.0 Å². The minimum Gasteiger partial charge on any atom is -0.466 e. The van der Waals surface area contributed by atoms with Crippen molar-refractivity contribution in [3.8, 4) is 0 Å². The van der Waals surface area contributed by atoms with Crippen LogP contribution in [0.1, 0.15) is 31.4 Å². The van der Waals surface area contributed by atoms with Crippen LogP contribution < -0.4 is 5.32 Å². The molecule has 0 aromatic heterocycles. The predicted octanol–water partition coefficient (Wildman–Crippen LogP) is 4.99. The number of benzene rings is 2. The first-order valence-corrected chi connectivity index (χ1v) is 11.1. The van der Waals surface area contributed by atoms with Crippen LogP contribution in [0.3, 0.4) is 0 Å². The first-order chi connectivity index (χ1) is 15.5. The van der Waals surface area contributed by atoms with E-state index in [1.54, 1.807) is 12.1 Å². The highest BCUT2D eigenvalue weighted by Crippen LogP contribution is 2.45. The molecular formula is C24H22FN3O3S. The molecule has 1 atom stereocenters. The Morgan fingerprint density at radius 1 is 1.16 bits per heavy atom. The number of rotatable bonds is 6. The fraction of sp³-hybridized carbons (Fsp3) is 0.208. The minimum absolute atomic E-state index is 0.000398. The van der Waals surface area contributed by atoms with Crippen molar-refractivity contribution < 1.29 is 18.7 Å². The smallest absolute Gasteiger partial charge is 0.338 e. The Hall–Kier alpha value is -3.39. The van der Waals surface area contributed by atoms with E-state index in [4.69, 9.17) is 4.74 Å². The lowest BCUT2D eigenvalue weighted by atomic mass is 9.93. The molecule has 32 heavy (non-hydrogen) atoms. The highest BCUT2D eigenvalue weighted by molar-refractivity contribution is 8.16. The van der Waals surface area contributed by atoms with E-state index in [-0.39, 0.29) is 18.0 Å². The third kappa shape index (κ3) is 4.18. The summed E-state index contributed by atoms with van der Waals surface area (Å²) in [5, 5.41) is 5.16. The molecule has 1 amide bonds. The Labute approximate surface area is 189 Å². The van der Waals surface area contributed by atoms with Crippen molar-refractivity contribution in [1.29, 1.82) is 0 Å². The fourth-order valence-corrected chi connectivity index (χ4v) is 4.72. The van der Waals surface area contributed by atoms with Gasteiger partial charge in [0.05, 0.1) is 36.5 Å². The van der Waals surface area contributed by atoms with E-state index in [2.05, 4.69) is 10.3 Å². The molecule has 0 spiro atoms. The number of aliphatic imine (C=N–C) groups is 1. The van der Waals surface area contributed by atoms with E-state index in [0.29, 0.717) is 28.6 Å². The van der Waals surface area contributed by atoms with Crippen molar-refractivity contribution in [3.63, 3.8) is 0 Å². The summed E-state index contributed by atoms with van der Waals surface area (Å²) in [7, 11) is 1.35. The van der Waals surface area contributed by atoms with E-state index in [1.807, 2.05) is 47.6 Å². The van der Waals surface area contributed by atoms with Crippen LogP contribution in [0.5, 0.6) is 0 Å². The zero-order chi connectivity index (χ0) is 22.7. The number of carbonyl (C=O) groups excluding carboxylic acids is 2. The number of thioether (sulfide) groups is 1. The number of para-hydroxylation sites is 1. The lowest BCUT2D eigenvalue weighted by Gasteiger charge is -2.36. The molecule has 2 aliphatic heterocycles. The van der Waals surface area contributed by atoms with Crippen molar-refractivity contribution in [1.82, 2.24) is 4.90 Å². The summed E-state index contributed by atoms with van der Waals surface area (Å²) in [5.41, 5.74) is 2.80. The number of nitrogens with zero attached hydrogens (tertiary/aromatic N) is 2. The van der Waals surface area contributed by atoms with E-state index in [9.17, 15) is 14.0 Å². The number of nitrogens with one attached hydrogen (secondary N) is 1. The molecule has 0 aliphatic carbocycles. The molecule has 4 rings (SSSR count). The fourth-order valence-electron chi connectivity index (χ4n) is 3.78. The monoisotopic (exact) mass is 451 g/mol. The zero-order valence-corrected chi connectivity index (χ0v) is 18.5. The van der Waals surface area contributed by atoms with Crippen molar-refractivity contribution in [2.24, 2.45) is 4.99 Å². The van der Waals surface area contributed by atoms with Crippen LogP contribution in [-0.4, -0.2) is 29.1 Å². The van der Waals surface area contributed by atoms with Gasteiger partial charge in [-0.1, -0.05) is 61.2 Å². The number of fused-ring (bicyclic) bond motifs is 1. The van der Waals surface area contributed by atoms with Gasteiger partial charge in [-0.3, -0.25) is 4.79 Å². The maximum Gasteiger partial charge on any atom is 0.338 e. The number of amides is 1. The van der Waals surface area contributed by atoms with Gasteiger partial charge in [-0.25, -0.2) is 14.2 Å². The summed E-state index contributed by atoms with van der Waals surface area (Å²) in [6.45, 7) is 1.94. The standard InChI is InChI=1S/C24H22FN3O3S/c1-3-18-21(23(30)31-2)22(15-9-5-4-6-10-15)28-16(14-32-24(28)27-18)13-20(29)26-19-12-8-7-11-17(19)25/h4-12,14,22H,3,13H2,1-2H3,(H,26,29)/t22-/m0/s1. The van der Waals surface area contributed by atoms with Gasteiger partial charge in [0.2, 0.25) is 5.91 Å². The van der Waals surface area contributed by atoms with Gasteiger partial charge in [-0.05, 0) is 29.5 Å². The molecule has 1 N–H and O–H groups in total. The molecule has 0 radical (unpaired) electrons. The number of hydrogen-bond donors (Lipinski definition) is 1. The molecule has 2 aliphatic rings. The molecule has 2 heterocycles. The second-order valence-corrected chi connectivity index (χ2v) is 8.05. The summed E-state index contributed by atoms with van der Waals surface area (Å²) < 4.78 is 19.0. The van der Waals surface area contributed by atoms with E-state index in [0.717, 1.165) is 5.56 Å². The summed E-state index contributed by atoms with van der Waals surface area (Å²) in [6, 6.07) is 15.1. The number of ether oxygens (including phenoxy) is 1. The van der Waals surface area contributed by atoms with Crippen LogP contribution in [0, 0.1) is 5.82 Å². The number of allylic oxidation sites excluding steroid dienone is 1. The molecule has 6 nitrogen and oxygen atoms in total. The summed E-state index contributed by atoms with van der Waals surface area (Å²) in [6.07, 6.45) is 0.564. The molecule has 0 bridgehead atoms. The van der Waals surface area contributed by atoms with Crippen molar-refractivity contribution >= 4 is 34.5 Å². The lowest BCUT2D eigenvalue weighted by Crippen LogP contribution is -2.37. The first kappa shape index (κ1) is 21.8. The van der Waals surface area contributed by atoms with Crippen LogP contribution in [-0.2, 0) is 14.3 Å². The van der Waals surface area contributed by atoms with Gasteiger partial charge >= 0.3 is 5.97 Å². The normalized spacial score (nSPS) is 17.5. The Balaban J connectivity index is 1.68. The maximum absolute atomic E-state index is 14.0. The number of carbonyl (C=O) groups is 2. The molecule has 0 fully saturated rings. The van der Waals surface area contributed by atoms with E-state index in [1.165, 1.54) is 31.0 Å². The van der Waals surface area contributed by atoms with Gasteiger partial charge in [0.1, 0.15) is 5.82 Å². The quantitative estimate of drug-likeness (QED) is 0.627. The van der Waals surface area contributed by atoms with Gasteiger partial charge in [-0.15, -0.1) is 0 Å². The van der Waals surface area contributed by atoms with Gasteiger partial charge in [-0.2, -0.15) is 0 Å². The number of hydrogen-bond acceptors (Lipinski definition) is 6. The maximum atomic E-state index is 14.0. The largest absolute Gasteiger partial charge is 0.466 e. The number of methoxy groups -OCH3 is 1. The molecule has 2 aromatic rings. The van der Waals surface area contributed by atoms with Crippen molar-refractivity contribution in [3.05, 3.63) is 88.4 Å². The van der Waals surface area contributed by atoms with Crippen LogP contribution in [0.2, 0.25) is 0 Å². The zero-order valence-electron chi connectivity index (χ0n) is 17.7. The molecule has 0 unspecified atom stereocenters. The van der Waals surface area contributed by atoms with Crippen molar-refractivity contribution in [2.75, 3.05) is 12.4 Å². The second-order valence-electron chi connectivity index (χ2n) is 7.21. The van der Waals surface area contributed by atoms with Gasteiger partial charge in [0, 0.05) is 5.70 Å². The number of halogens is 1. The Morgan fingerprint density at radius 2 is 1.88 bits per heavy atom. The van der Waals surface area contributed by atoms with E-state index < -0.39 is 17.8 Å². The summed E-state index contributed by atoms with van der Waals surface area (Å²) >= 11 is 1.40. The van der Waals surface area contributed by atoms with Crippen LogP contribution in [0.4, 0.5) is 10.1 Å². The van der Waals surface area contributed by atoms with Gasteiger partial charge in [0.25, 0.3) is 0 Å². The molecule has 2 aromatic carbocycles. The highest BCUT2D eigenvalue weighted by atomic mass is 32.2. The van der Waals surface area contributed by atoms with Crippen LogP contribution >= 0.6 is 11.8 Å². The summed E-state index contributed by atoms with van der Waals surface area (Å²) in [5.74, 6) is -1.31. The molecular weight excluding hydrogens is 429 g/mol. The third-order valence-electron chi connectivity index (χ3n) is 5.23. The number of amidine groups is 1. The van der Waals surface area contributed by atoms with Gasteiger partial charge in [0.15, 0.2) is 5.17 Å². The second kappa shape index (κ2) is 9.40. The molecule has 0 saturated carbocycles. The Kier molecular flexibility index (Phi) is 6.41. The van der Waals surface area contributed by atoms with Crippen molar-refractivity contribution in [2.45, 2.75) is 25.8 Å². The van der Waals surface area contributed by atoms with Crippen LogP contribution in [0.15, 0.2) is 82.0 Å². The van der Waals surface area contributed by atoms with E-state index >= 15 is 0 Å². The lowest BCUT2D eigenvalue weighted by molar-refractivity contribution is -0.136. The first-order valence-electron chi connectivity index (χ1n) is 10.2. The number of esters is 1. The molecule has 164 valence electrons. The van der Waals surface area contributed by atoms with Crippen LogP contribution in [0.25, 0.3) is 0 Å². The average Bonchev–Trinajstić information content (AvgIpc) is 3.21. The Bertz CT molecular complexity index is 1140. The minimum atomic E-state index is -0.499. The number of anilines is 1. The summed E-state index contributed by atoms with van der Waals surface area (Å²) in [4.78, 5) is 32.1. The highest BCUT2D eigenvalue weighted by Gasteiger charge is 2.41. The molecule has 8 heteroatoms. The average molecular weight is 452 g/mol. The molecule has 0 saturated heterocycles. The predicted molar refractivity (Wildman–Crippen MR) is 123 cm³/mol.